The van der Waals surface area contributed by atoms with E-state index in [2.05, 4.69) is 0 Å². The van der Waals surface area contributed by atoms with Crippen LogP contribution in [-0.4, -0.2) is 35.5 Å². The number of esters is 1. The summed E-state index contributed by atoms with van der Waals surface area (Å²) in [6, 6.07) is 5.03. The summed E-state index contributed by atoms with van der Waals surface area (Å²) >= 11 is 0. The van der Waals surface area contributed by atoms with Crippen molar-refractivity contribution >= 4 is 17.4 Å². The average Bonchev–Trinajstić information content (AvgIpc) is 2.55. The number of non-ortho nitro benzene ring substituents is 1. The Morgan fingerprint density at radius 1 is 1.30 bits per heavy atom. The third-order valence-electron chi connectivity index (χ3n) is 3.89. The van der Waals surface area contributed by atoms with Crippen molar-refractivity contribution in [1.82, 2.24) is 0 Å². The number of allylic oxidation sites excluding steroid dienone is 1. The molecule has 0 heterocycles. The normalized spacial score (nSPS) is 23.3. The summed E-state index contributed by atoms with van der Waals surface area (Å²) in [7, 11) is 1.44. The number of carbonyl (C=O) groups excluding carboxylic acids is 2. The third kappa shape index (κ3) is 3.29. The van der Waals surface area contributed by atoms with Crippen LogP contribution in [0, 0.1) is 10.1 Å². The summed E-state index contributed by atoms with van der Waals surface area (Å²) < 4.78 is 10.8. The molecule has 0 aliphatic heterocycles. The van der Waals surface area contributed by atoms with Crippen molar-refractivity contribution in [3.8, 4) is 0 Å². The number of rotatable bonds is 5. The van der Waals surface area contributed by atoms with Gasteiger partial charge in [0.05, 0.1) is 10.5 Å². The van der Waals surface area contributed by atoms with E-state index in [1.54, 1.807) is 6.08 Å². The van der Waals surface area contributed by atoms with Gasteiger partial charge in [0.2, 0.25) is 0 Å². The summed E-state index contributed by atoms with van der Waals surface area (Å²) in [4.78, 5) is 34.5. The fraction of sp³-hybridized carbons (Fsp3) is 0.375. The monoisotopic (exact) mass is 319 g/mol. The second kappa shape index (κ2) is 6.70. The van der Waals surface area contributed by atoms with Crippen LogP contribution in [-0.2, 0) is 14.3 Å². The maximum absolute atomic E-state index is 12.3. The zero-order chi connectivity index (χ0) is 17.0. The largest absolute Gasteiger partial charge is 0.444 e. The van der Waals surface area contributed by atoms with Gasteiger partial charge in [0, 0.05) is 25.7 Å². The molecule has 2 atom stereocenters. The molecule has 7 heteroatoms. The molecular formula is C16H17NO6. The number of carbonyl (C=O) groups is 2. The molecule has 2 rings (SSSR count). The van der Waals surface area contributed by atoms with E-state index in [4.69, 9.17) is 9.47 Å². The number of nitro groups is 1. The SMILES string of the molecule is CO[C@@H]1C=CCC[C@@]1(OC(=O)c1ccc([N+](=O)[O-])cc1)C(C)=O. The highest BCUT2D eigenvalue weighted by Gasteiger charge is 2.47. The van der Waals surface area contributed by atoms with Gasteiger partial charge >= 0.3 is 5.97 Å². The number of methoxy groups -OCH3 is 1. The van der Waals surface area contributed by atoms with Crippen molar-refractivity contribution in [1.29, 1.82) is 0 Å². The first-order valence-corrected chi connectivity index (χ1v) is 7.09. The molecule has 7 nitrogen and oxygen atoms in total. The van der Waals surface area contributed by atoms with Crippen molar-refractivity contribution in [3.63, 3.8) is 0 Å². The highest BCUT2D eigenvalue weighted by atomic mass is 16.6. The molecule has 0 bridgehead atoms. The molecular weight excluding hydrogens is 302 g/mol. The number of nitrogens with zero attached hydrogens (tertiary/aromatic N) is 1. The van der Waals surface area contributed by atoms with Crippen LogP contribution in [0.5, 0.6) is 0 Å². The molecule has 122 valence electrons. The van der Waals surface area contributed by atoms with Crippen LogP contribution in [0.2, 0.25) is 0 Å². The molecule has 1 aromatic rings. The average molecular weight is 319 g/mol. The molecule has 0 amide bonds. The molecule has 0 spiro atoms. The van der Waals surface area contributed by atoms with Crippen LogP contribution in [0.1, 0.15) is 30.1 Å². The van der Waals surface area contributed by atoms with Gasteiger partial charge in [-0.15, -0.1) is 0 Å². The standard InChI is InChI=1S/C16H17NO6/c1-11(18)16(10-4-3-5-14(16)22-2)23-15(19)12-6-8-13(9-7-12)17(20)21/h3,5-9,14H,4,10H2,1-2H3/t14-,16-/m1/s1. The van der Waals surface area contributed by atoms with Gasteiger partial charge in [-0.2, -0.15) is 0 Å². The minimum Gasteiger partial charge on any atom is -0.444 e. The number of hydrogen-bond acceptors (Lipinski definition) is 6. The molecule has 0 saturated carbocycles. The fourth-order valence-corrected chi connectivity index (χ4v) is 2.59. The van der Waals surface area contributed by atoms with E-state index in [0.29, 0.717) is 12.8 Å². The van der Waals surface area contributed by atoms with Crippen molar-refractivity contribution in [2.24, 2.45) is 0 Å². The van der Waals surface area contributed by atoms with E-state index in [0.717, 1.165) is 0 Å². The first kappa shape index (κ1) is 16.8. The maximum Gasteiger partial charge on any atom is 0.339 e. The first-order valence-electron chi connectivity index (χ1n) is 7.09. The van der Waals surface area contributed by atoms with Gasteiger partial charge in [0.1, 0.15) is 6.10 Å². The highest BCUT2D eigenvalue weighted by molar-refractivity contribution is 5.94. The Kier molecular flexibility index (Phi) is 4.90. The van der Waals surface area contributed by atoms with Gasteiger partial charge < -0.3 is 9.47 Å². The predicted octanol–water partition coefficient (Wildman–Crippen LogP) is 2.44. The maximum atomic E-state index is 12.3. The number of ether oxygens (including phenoxy) is 2. The number of hydrogen-bond donors (Lipinski definition) is 0. The minimum atomic E-state index is -1.37. The van der Waals surface area contributed by atoms with E-state index in [1.165, 1.54) is 38.3 Å². The smallest absolute Gasteiger partial charge is 0.339 e. The third-order valence-corrected chi connectivity index (χ3v) is 3.89. The van der Waals surface area contributed by atoms with Crippen LogP contribution >= 0.6 is 0 Å². The lowest BCUT2D eigenvalue weighted by Gasteiger charge is -2.37. The van der Waals surface area contributed by atoms with Crippen LogP contribution in [0.25, 0.3) is 0 Å². The molecule has 0 aromatic heterocycles. The molecule has 23 heavy (non-hydrogen) atoms. The number of nitro benzene ring substituents is 1. The van der Waals surface area contributed by atoms with Crippen molar-refractivity contribution < 1.29 is 24.0 Å². The lowest BCUT2D eigenvalue weighted by molar-refractivity contribution is -0.384. The van der Waals surface area contributed by atoms with Gasteiger partial charge in [-0.05, 0) is 25.5 Å². The molecule has 1 aliphatic carbocycles. The molecule has 0 radical (unpaired) electrons. The molecule has 1 aromatic carbocycles. The Morgan fingerprint density at radius 3 is 2.48 bits per heavy atom. The van der Waals surface area contributed by atoms with E-state index in [9.17, 15) is 19.7 Å². The van der Waals surface area contributed by atoms with Crippen LogP contribution in [0.3, 0.4) is 0 Å². The molecule has 0 unspecified atom stereocenters. The number of ketones is 1. The summed E-state index contributed by atoms with van der Waals surface area (Å²) in [6.07, 6.45) is 3.84. The fourth-order valence-electron chi connectivity index (χ4n) is 2.59. The molecule has 0 saturated heterocycles. The van der Waals surface area contributed by atoms with Crippen LogP contribution in [0.15, 0.2) is 36.4 Å². The number of benzene rings is 1. The first-order chi connectivity index (χ1) is 10.9. The molecule has 1 aliphatic rings. The van der Waals surface area contributed by atoms with Gasteiger partial charge in [-0.1, -0.05) is 12.2 Å². The van der Waals surface area contributed by atoms with Gasteiger partial charge in [0.25, 0.3) is 5.69 Å². The Bertz CT molecular complexity index is 651. The second-order valence-electron chi connectivity index (χ2n) is 5.26. The Labute approximate surface area is 133 Å². The highest BCUT2D eigenvalue weighted by Crippen LogP contribution is 2.32. The summed E-state index contributed by atoms with van der Waals surface area (Å²) in [6.45, 7) is 1.36. The van der Waals surface area contributed by atoms with Gasteiger partial charge in [0.15, 0.2) is 11.4 Å². The summed E-state index contributed by atoms with van der Waals surface area (Å²) in [5.74, 6) is -1.02. The van der Waals surface area contributed by atoms with Gasteiger partial charge in [-0.25, -0.2) is 4.79 Å². The summed E-state index contributed by atoms with van der Waals surface area (Å²) in [5.41, 5.74) is -1.36. The Hall–Kier alpha value is -2.54. The predicted molar refractivity (Wildman–Crippen MR) is 81.1 cm³/mol. The topological polar surface area (TPSA) is 95.7 Å². The minimum absolute atomic E-state index is 0.127. The van der Waals surface area contributed by atoms with Crippen molar-refractivity contribution in [3.05, 3.63) is 52.1 Å². The quantitative estimate of drug-likeness (QED) is 0.358. The van der Waals surface area contributed by atoms with E-state index >= 15 is 0 Å². The Balaban J connectivity index is 2.26. The Morgan fingerprint density at radius 2 is 1.96 bits per heavy atom. The number of Topliss-reactive ketones (excluding diaryl/α,β-unsaturated/α-hetero) is 1. The molecule has 0 fully saturated rings. The van der Waals surface area contributed by atoms with Crippen molar-refractivity contribution in [2.75, 3.05) is 7.11 Å². The second-order valence-corrected chi connectivity index (χ2v) is 5.26. The summed E-state index contributed by atoms with van der Waals surface area (Å²) in [5, 5.41) is 10.6. The zero-order valence-electron chi connectivity index (χ0n) is 12.9. The van der Waals surface area contributed by atoms with E-state index < -0.39 is 22.6 Å². The van der Waals surface area contributed by atoms with Gasteiger partial charge in [-0.3, -0.25) is 14.9 Å². The van der Waals surface area contributed by atoms with E-state index in [-0.39, 0.29) is 17.0 Å². The van der Waals surface area contributed by atoms with Crippen molar-refractivity contribution in [2.45, 2.75) is 31.5 Å². The zero-order valence-corrected chi connectivity index (χ0v) is 12.9. The molecule has 0 N–H and O–H groups in total. The van der Waals surface area contributed by atoms with E-state index in [1.807, 2.05) is 6.08 Å². The van der Waals surface area contributed by atoms with Crippen LogP contribution in [0.4, 0.5) is 5.69 Å². The lowest BCUT2D eigenvalue weighted by Crippen LogP contribution is -2.53. The van der Waals surface area contributed by atoms with Crippen LogP contribution < -0.4 is 0 Å². The lowest BCUT2D eigenvalue weighted by atomic mass is 9.83.